The molecule has 1 saturated heterocycles. The summed E-state index contributed by atoms with van der Waals surface area (Å²) in [6.45, 7) is 1.53. The summed E-state index contributed by atoms with van der Waals surface area (Å²) in [5.41, 5.74) is 1.00. The molecule has 1 aliphatic heterocycles. The van der Waals surface area contributed by atoms with Gasteiger partial charge in [0.2, 0.25) is 5.91 Å². The zero-order chi connectivity index (χ0) is 17.8. The predicted molar refractivity (Wildman–Crippen MR) is 92.6 cm³/mol. The number of esters is 1. The second-order valence-corrected chi connectivity index (χ2v) is 6.12. The fourth-order valence-electron chi connectivity index (χ4n) is 3.02. The van der Waals surface area contributed by atoms with Crippen molar-refractivity contribution in [1.29, 1.82) is 0 Å². The molecule has 0 unspecified atom stereocenters. The number of hydrogen-bond donors (Lipinski definition) is 2. The van der Waals surface area contributed by atoms with Gasteiger partial charge in [0.15, 0.2) is 6.61 Å². The molecule has 6 heteroatoms. The van der Waals surface area contributed by atoms with Crippen LogP contribution in [0, 0.1) is 0 Å². The molecule has 0 radical (unpaired) electrons. The summed E-state index contributed by atoms with van der Waals surface area (Å²) in [6, 6.07) is 13.0. The first-order valence-electron chi connectivity index (χ1n) is 8.27. The van der Waals surface area contributed by atoms with E-state index < -0.39 is 12.0 Å². The quantitative estimate of drug-likeness (QED) is 0.814. The number of fused-ring (bicyclic) bond motifs is 1. The average molecular weight is 340 g/mol. The molecule has 0 bridgehead atoms. The van der Waals surface area contributed by atoms with Gasteiger partial charge < -0.3 is 15.4 Å². The Kier molecular flexibility index (Phi) is 4.97. The molecule has 3 rings (SSSR count). The highest BCUT2D eigenvalue weighted by Crippen LogP contribution is 2.23. The van der Waals surface area contributed by atoms with Crippen molar-refractivity contribution in [3.8, 4) is 0 Å². The maximum absolute atomic E-state index is 12.1. The van der Waals surface area contributed by atoms with Gasteiger partial charge in [-0.25, -0.2) is 4.79 Å². The molecule has 2 aromatic carbocycles. The summed E-state index contributed by atoms with van der Waals surface area (Å²) in [5, 5.41) is 7.53. The maximum atomic E-state index is 12.1. The second kappa shape index (κ2) is 7.34. The summed E-state index contributed by atoms with van der Waals surface area (Å²) in [4.78, 5) is 35.0. The maximum Gasteiger partial charge on any atom is 0.329 e. The Labute approximate surface area is 145 Å². The minimum atomic E-state index is -0.643. The number of carbonyl (C=O) groups excluding carboxylic acids is 3. The molecular formula is C19H20N2O4. The lowest BCUT2D eigenvalue weighted by molar-refractivity contribution is -0.150. The van der Waals surface area contributed by atoms with Gasteiger partial charge >= 0.3 is 5.97 Å². The average Bonchev–Trinajstić information content (AvgIpc) is 3.05. The van der Waals surface area contributed by atoms with E-state index in [2.05, 4.69) is 10.6 Å². The van der Waals surface area contributed by atoms with Gasteiger partial charge in [-0.1, -0.05) is 42.5 Å². The molecule has 1 heterocycles. The van der Waals surface area contributed by atoms with E-state index in [9.17, 15) is 14.4 Å². The van der Waals surface area contributed by atoms with Crippen molar-refractivity contribution in [3.63, 3.8) is 0 Å². The van der Waals surface area contributed by atoms with Crippen LogP contribution < -0.4 is 10.6 Å². The van der Waals surface area contributed by atoms with Gasteiger partial charge in [-0.15, -0.1) is 0 Å². The first-order chi connectivity index (χ1) is 12.0. The standard InChI is InChI=1S/C19H20N2O4/c1-12(14-8-4-6-13-5-2-3-7-15(13)14)20-18(23)11-25-19(24)16-9-10-17(22)21-16/h2-8,12,16H,9-11H2,1H3,(H,20,23)(H,21,22)/t12-,16-/m0/s1. The molecule has 1 aliphatic rings. The van der Waals surface area contributed by atoms with Gasteiger partial charge in [0.05, 0.1) is 6.04 Å². The van der Waals surface area contributed by atoms with E-state index in [-0.39, 0.29) is 24.5 Å². The Hall–Kier alpha value is -2.89. The summed E-state index contributed by atoms with van der Waals surface area (Å²) in [6.07, 6.45) is 0.718. The van der Waals surface area contributed by atoms with Crippen molar-refractivity contribution >= 4 is 28.6 Å². The highest BCUT2D eigenvalue weighted by molar-refractivity contribution is 5.90. The smallest absolute Gasteiger partial charge is 0.329 e. The lowest BCUT2D eigenvalue weighted by Gasteiger charge is -2.17. The molecule has 0 aliphatic carbocycles. The number of rotatable bonds is 5. The lowest BCUT2D eigenvalue weighted by Crippen LogP contribution is -2.37. The van der Waals surface area contributed by atoms with Gasteiger partial charge in [0, 0.05) is 6.42 Å². The van der Waals surface area contributed by atoms with Gasteiger partial charge in [-0.3, -0.25) is 9.59 Å². The third kappa shape index (κ3) is 3.96. The fourth-order valence-corrected chi connectivity index (χ4v) is 3.02. The largest absolute Gasteiger partial charge is 0.454 e. The number of nitrogens with one attached hydrogen (secondary N) is 2. The van der Waals surface area contributed by atoms with Gasteiger partial charge in [0.1, 0.15) is 6.04 Å². The van der Waals surface area contributed by atoms with E-state index in [1.54, 1.807) is 0 Å². The molecular weight excluding hydrogens is 320 g/mol. The van der Waals surface area contributed by atoms with E-state index in [0.717, 1.165) is 16.3 Å². The van der Waals surface area contributed by atoms with Crippen LogP contribution in [0.25, 0.3) is 10.8 Å². The number of amides is 2. The Balaban J connectivity index is 1.57. The van der Waals surface area contributed by atoms with Crippen LogP contribution in [-0.2, 0) is 19.1 Å². The highest BCUT2D eigenvalue weighted by atomic mass is 16.5. The van der Waals surface area contributed by atoms with E-state index in [1.165, 1.54) is 0 Å². The van der Waals surface area contributed by atoms with Crippen LogP contribution in [0.4, 0.5) is 0 Å². The van der Waals surface area contributed by atoms with Gasteiger partial charge in [-0.05, 0) is 29.7 Å². The van der Waals surface area contributed by atoms with Crippen molar-refractivity contribution in [2.75, 3.05) is 6.61 Å². The molecule has 6 nitrogen and oxygen atoms in total. The van der Waals surface area contributed by atoms with Crippen LogP contribution in [0.5, 0.6) is 0 Å². The molecule has 25 heavy (non-hydrogen) atoms. The summed E-state index contributed by atoms with van der Waals surface area (Å²) in [5.74, 6) is -1.12. The Morgan fingerprint density at radius 3 is 2.76 bits per heavy atom. The summed E-state index contributed by atoms with van der Waals surface area (Å²) in [7, 11) is 0. The molecule has 2 aromatic rings. The topological polar surface area (TPSA) is 84.5 Å². The van der Waals surface area contributed by atoms with E-state index in [1.807, 2.05) is 49.4 Å². The lowest BCUT2D eigenvalue weighted by atomic mass is 10.00. The van der Waals surface area contributed by atoms with Crippen molar-refractivity contribution in [2.45, 2.75) is 31.8 Å². The van der Waals surface area contributed by atoms with Crippen LogP contribution in [0.1, 0.15) is 31.4 Å². The normalized spacial score (nSPS) is 17.8. The first-order valence-corrected chi connectivity index (χ1v) is 8.27. The van der Waals surface area contributed by atoms with Crippen LogP contribution in [0.2, 0.25) is 0 Å². The molecule has 0 saturated carbocycles. The second-order valence-electron chi connectivity index (χ2n) is 6.12. The fraction of sp³-hybridized carbons (Fsp3) is 0.316. The monoisotopic (exact) mass is 340 g/mol. The van der Waals surface area contributed by atoms with E-state index >= 15 is 0 Å². The molecule has 130 valence electrons. The number of hydrogen-bond acceptors (Lipinski definition) is 4. The molecule has 0 aromatic heterocycles. The van der Waals surface area contributed by atoms with Crippen molar-refractivity contribution in [1.82, 2.24) is 10.6 Å². The first kappa shape index (κ1) is 17.0. The number of ether oxygens (including phenoxy) is 1. The van der Waals surface area contributed by atoms with Crippen molar-refractivity contribution in [3.05, 3.63) is 48.0 Å². The molecule has 2 atom stereocenters. The third-order valence-electron chi connectivity index (χ3n) is 4.29. The van der Waals surface area contributed by atoms with Crippen LogP contribution in [-0.4, -0.2) is 30.4 Å². The Bertz CT molecular complexity index is 813. The minimum absolute atomic E-state index is 0.170. The zero-order valence-electron chi connectivity index (χ0n) is 14.0. The Morgan fingerprint density at radius 1 is 1.24 bits per heavy atom. The van der Waals surface area contributed by atoms with Crippen LogP contribution >= 0.6 is 0 Å². The van der Waals surface area contributed by atoms with Crippen molar-refractivity contribution < 1.29 is 19.1 Å². The number of benzene rings is 2. The Morgan fingerprint density at radius 2 is 2.00 bits per heavy atom. The molecule has 2 amide bonds. The summed E-state index contributed by atoms with van der Waals surface area (Å²) >= 11 is 0. The van der Waals surface area contributed by atoms with Crippen LogP contribution in [0.15, 0.2) is 42.5 Å². The highest BCUT2D eigenvalue weighted by Gasteiger charge is 2.28. The predicted octanol–water partition coefficient (Wildman–Crippen LogP) is 1.84. The zero-order valence-corrected chi connectivity index (χ0v) is 14.0. The van der Waals surface area contributed by atoms with Crippen molar-refractivity contribution in [2.24, 2.45) is 0 Å². The molecule has 1 fully saturated rings. The van der Waals surface area contributed by atoms with Gasteiger partial charge in [-0.2, -0.15) is 0 Å². The van der Waals surface area contributed by atoms with E-state index in [4.69, 9.17) is 4.74 Å². The van der Waals surface area contributed by atoms with Crippen LogP contribution in [0.3, 0.4) is 0 Å². The number of carbonyl (C=O) groups is 3. The minimum Gasteiger partial charge on any atom is -0.454 e. The summed E-state index contributed by atoms with van der Waals surface area (Å²) < 4.78 is 4.99. The third-order valence-corrected chi connectivity index (χ3v) is 4.29. The molecule has 2 N–H and O–H groups in total. The SMILES string of the molecule is C[C@H](NC(=O)COC(=O)[C@@H]1CCC(=O)N1)c1cccc2ccccc12. The van der Waals surface area contributed by atoms with E-state index in [0.29, 0.717) is 12.8 Å². The molecule has 0 spiro atoms. The van der Waals surface area contributed by atoms with Gasteiger partial charge in [0.25, 0.3) is 5.91 Å².